The van der Waals surface area contributed by atoms with Crippen molar-refractivity contribution in [3.8, 4) is 0 Å². The summed E-state index contributed by atoms with van der Waals surface area (Å²) in [4.78, 5) is 27.6. The Bertz CT molecular complexity index is 1010. The molecule has 0 saturated carbocycles. The predicted molar refractivity (Wildman–Crippen MR) is 115 cm³/mol. The molecular weight excluding hydrogens is 405 g/mol. The Balaban J connectivity index is 1.85. The molecule has 30 heavy (non-hydrogen) atoms. The third-order valence-electron chi connectivity index (χ3n) is 4.89. The average Bonchev–Trinajstić information content (AvgIpc) is 2.96. The highest BCUT2D eigenvalue weighted by Gasteiger charge is 2.24. The van der Waals surface area contributed by atoms with E-state index in [4.69, 9.17) is 4.84 Å². The molecule has 2 aromatic rings. The third kappa shape index (κ3) is 5.05. The smallest absolute Gasteiger partial charge is 0.250 e. The molecule has 2 aromatic carbocycles. The fraction of sp³-hybridized carbons (Fsp3) is 0.217. The van der Waals surface area contributed by atoms with E-state index in [9.17, 15) is 18.5 Å². The number of rotatable bonds is 8. The first kappa shape index (κ1) is 22.0. The van der Waals surface area contributed by atoms with Gasteiger partial charge in [-0.15, -0.1) is 0 Å². The molecule has 0 aromatic heterocycles. The number of amides is 1. The molecule has 0 saturated heterocycles. The van der Waals surface area contributed by atoms with E-state index in [1.807, 2.05) is 37.3 Å². The molecule has 1 N–H and O–H groups in total. The van der Waals surface area contributed by atoms with Gasteiger partial charge in [-0.05, 0) is 100 Å². The maximum Gasteiger partial charge on any atom is 0.250 e. The van der Waals surface area contributed by atoms with Crippen LogP contribution in [0.3, 0.4) is 0 Å². The molecule has 0 radical (unpaired) electrons. The number of carbonyl (C=O) groups excluding carboxylic acids is 2. The summed E-state index contributed by atoms with van der Waals surface area (Å²) in [5.41, 5.74) is 7.81. The van der Waals surface area contributed by atoms with Gasteiger partial charge < -0.3 is 9.35 Å². The molecule has 1 amide bonds. The summed E-state index contributed by atoms with van der Waals surface area (Å²) < 4.78 is 25.5. The Kier molecular flexibility index (Phi) is 7.20. The summed E-state index contributed by atoms with van der Waals surface area (Å²) in [7, 11) is 0. The minimum atomic E-state index is -1.04. The fourth-order valence-electron chi connectivity index (χ4n) is 3.40. The molecule has 0 heterocycles. The van der Waals surface area contributed by atoms with Gasteiger partial charge >= 0.3 is 0 Å². The van der Waals surface area contributed by atoms with E-state index >= 15 is 0 Å². The highest BCUT2D eigenvalue weighted by Crippen LogP contribution is 2.43. The molecule has 7 heteroatoms. The van der Waals surface area contributed by atoms with Crippen molar-refractivity contribution < 1.29 is 23.4 Å². The maximum atomic E-state index is 13.9. The second-order valence-corrected chi connectivity index (χ2v) is 8.25. The van der Waals surface area contributed by atoms with Gasteiger partial charge in [-0.2, -0.15) is 0 Å². The number of nitrogens with one attached hydrogen (secondary N) is 1. The van der Waals surface area contributed by atoms with Crippen molar-refractivity contribution in [3.05, 3.63) is 70.5 Å². The van der Waals surface area contributed by atoms with Crippen LogP contribution in [0.25, 0.3) is 17.2 Å². The summed E-state index contributed by atoms with van der Waals surface area (Å²) in [6, 6.07) is 12.2. The lowest BCUT2D eigenvalue weighted by Gasteiger charge is -2.08. The molecule has 0 fully saturated rings. The van der Waals surface area contributed by atoms with Crippen LogP contribution in [0.2, 0.25) is 0 Å². The van der Waals surface area contributed by atoms with E-state index in [2.05, 4.69) is 5.48 Å². The second-order valence-electron chi connectivity index (χ2n) is 6.87. The van der Waals surface area contributed by atoms with Gasteiger partial charge in [0.05, 0.1) is 13.0 Å². The predicted octanol–water partition coefficient (Wildman–Crippen LogP) is 3.92. The molecule has 1 atom stereocenters. The number of hydrogen-bond donors (Lipinski definition) is 1. The van der Waals surface area contributed by atoms with Gasteiger partial charge in [-0.25, -0.2) is 9.87 Å². The number of hydroxylamine groups is 1. The fourth-order valence-corrected chi connectivity index (χ4v) is 3.92. The molecule has 0 bridgehead atoms. The van der Waals surface area contributed by atoms with E-state index in [0.29, 0.717) is 12.7 Å². The Morgan fingerprint density at radius 1 is 1.20 bits per heavy atom. The lowest BCUT2D eigenvalue weighted by atomic mass is 10.0. The highest BCUT2D eigenvalue weighted by molar-refractivity contribution is 7.90. The minimum Gasteiger partial charge on any atom is -0.612 e. The van der Waals surface area contributed by atoms with Crippen LogP contribution in [0, 0.1) is 5.82 Å². The number of hydrogen-bond acceptors (Lipinski definition) is 4. The lowest BCUT2D eigenvalue weighted by molar-refractivity contribution is -0.134. The molecule has 5 nitrogen and oxygen atoms in total. The van der Waals surface area contributed by atoms with E-state index < -0.39 is 17.1 Å². The van der Waals surface area contributed by atoms with Crippen LogP contribution in [0.15, 0.2) is 52.9 Å². The first-order chi connectivity index (χ1) is 14.4. The van der Waals surface area contributed by atoms with Gasteiger partial charge in [-0.3, -0.25) is 9.63 Å². The maximum absolute atomic E-state index is 13.9. The molecular formula is C23H22FNO4S. The number of fused-ring (bicyclic) bond motifs is 1. The SMILES string of the molecule is CC1=C(CCONC(=O)CC=O)c2cc(F)ccc2C1=Cc1ccc([S+](C)[O-])cc1. The molecule has 0 aliphatic heterocycles. The number of aldehydes is 1. The Hall–Kier alpha value is -2.74. The minimum absolute atomic E-state index is 0.192. The zero-order valence-corrected chi connectivity index (χ0v) is 17.6. The van der Waals surface area contributed by atoms with Crippen LogP contribution in [0.5, 0.6) is 0 Å². The van der Waals surface area contributed by atoms with E-state index in [1.165, 1.54) is 12.1 Å². The van der Waals surface area contributed by atoms with Gasteiger partial charge in [0.15, 0.2) is 4.90 Å². The number of carbonyl (C=O) groups is 2. The summed E-state index contributed by atoms with van der Waals surface area (Å²) >= 11 is -1.04. The summed E-state index contributed by atoms with van der Waals surface area (Å²) in [6.45, 7) is 2.16. The second kappa shape index (κ2) is 9.84. The van der Waals surface area contributed by atoms with Crippen molar-refractivity contribution in [2.24, 2.45) is 0 Å². The van der Waals surface area contributed by atoms with Crippen LogP contribution in [0.1, 0.15) is 36.5 Å². The van der Waals surface area contributed by atoms with E-state index in [-0.39, 0.29) is 18.8 Å². The normalized spacial score (nSPS) is 15.3. The summed E-state index contributed by atoms with van der Waals surface area (Å²) in [5.74, 6) is -0.833. The van der Waals surface area contributed by atoms with Gasteiger partial charge in [0, 0.05) is 0 Å². The molecule has 1 unspecified atom stereocenters. The average molecular weight is 427 g/mol. The Morgan fingerprint density at radius 3 is 2.60 bits per heavy atom. The van der Waals surface area contributed by atoms with Gasteiger partial charge in [0.1, 0.15) is 18.4 Å². The molecule has 0 spiro atoms. The van der Waals surface area contributed by atoms with Crippen molar-refractivity contribution in [3.63, 3.8) is 0 Å². The van der Waals surface area contributed by atoms with Crippen molar-refractivity contribution in [2.75, 3.05) is 12.9 Å². The first-order valence-corrected chi connectivity index (χ1v) is 11.0. The largest absolute Gasteiger partial charge is 0.612 e. The van der Waals surface area contributed by atoms with Gasteiger partial charge in [0.25, 0.3) is 5.91 Å². The number of allylic oxidation sites excluding steroid dienone is 2. The summed E-state index contributed by atoms with van der Waals surface area (Å²) in [5, 5.41) is 0. The van der Waals surface area contributed by atoms with Crippen molar-refractivity contribution in [1.29, 1.82) is 0 Å². The number of halogens is 1. The van der Waals surface area contributed by atoms with Crippen LogP contribution >= 0.6 is 0 Å². The van der Waals surface area contributed by atoms with Crippen LogP contribution in [-0.2, 0) is 25.6 Å². The molecule has 156 valence electrons. The van der Waals surface area contributed by atoms with Crippen LogP contribution < -0.4 is 5.48 Å². The standard InChI is InChI=1S/C23H22FNO4S/c1-15-19(10-12-29-25-23(27)9-11-26)22-14-17(24)5-8-20(22)21(15)13-16-3-6-18(7-4-16)30(2)28/h3-8,11,13-14H,9-10,12H2,1-2H3,(H,25,27). The lowest BCUT2D eigenvalue weighted by Crippen LogP contribution is -2.24. The third-order valence-corrected chi connectivity index (χ3v) is 5.82. The molecule has 1 aliphatic rings. The molecule has 1 aliphatic carbocycles. The van der Waals surface area contributed by atoms with E-state index in [1.54, 1.807) is 12.3 Å². The Morgan fingerprint density at radius 2 is 1.93 bits per heavy atom. The first-order valence-electron chi connectivity index (χ1n) is 9.40. The van der Waals surface area contributed by atoms with E-state index in [0.717, 1.165) is 38.3 Å². The molecule has 3 rings (SSSR count). The monoisotopic (exact) mass is 427 g/mol. The van der Waals surface area contributed by atoms with Crippen LogP contribution in [0.4, 0.5) is 4.39 Å². The van der Waals surface area contributed by atoms with Crippen molar-refractivity contribution in [2.45, 2.75) is 24.7 Å². The topological polar surface area (TPSA) is 78.5 Å². The van der Waals surface area contributed by atoms with Crippen molar-refractivity contribution >= 4 is 40.6 Å². The van der Waals surface area contributed by atoms with Crippen LogP contribution in [-0.4, -0.2) is 29.6 Å². The van der Waals surface area contributed by atoms with Crippen molar-refractivity contribution in [1.82, 2.24) is 5.48 Å². The zero-order valence-electron chi connectivity index (χ0n) is 16.7. The highest BCUT2D eigenvalue weighted by atomic mass is 32.2. The Labute approximate surface area is 177 Å². The number of benzene rings is 2. The zero-order chi connectivity index (χ0) is 21.7. The van der Waals surface area contributed by atoms with Gasteiger partial charge in [0.2, 0.25) is 0 Å². The summed E-state index contributed by atoms with van der Waals surface area (Å²) in [6.07, 6.45) is 4.37. The quantitative estimate of drug-likeness (QED) is 0.228. The van der Waals surface area contributed by atoms with Gasteiger partial charge in [-0.1, -0.05) is 6.07 Å².